The lowest BCUT2D eigenvalue weighted by atomic mass is 10.4. The van der Waals surface area contributed by atoms with E-state index < -0.39 is 28.4 Å². The molecule has 7 heteroatoms. The monoisotopic (exact) mass is 223 g/mol. The molecule has 1 aliphatic heterocycles. The number of amides is 1. The molecule has 1 fully saturated rings. The second-order valence-electron chi connectivity index (χ2n) is 3.31. The van der Waals surface area contributed by atoms with Crippen LogP contribution in [-0.4, -0.2) is 42.0 Å². The van der Waals surface area contributed by atoms with Gasteiger partial charge in [0.15, 0.2) is 0 Å². The number of hydrogen-bond acceptors (Lipinski definition) is 5. The Hall–Kier alpha value is -0.820. The summed E-state index contributed by atoms with van der Waals surface area (Å²) in [4.78, 5) is 11.2. The molecule has 0 aromatic heterocycles. The number of hydrogen-bond donors (Lipinski definition) is 1. The van der Waals surface area contributed by atoms with E-state index >= 15 is 0 Å². The van der Waals surface area contributed by atoms with E-state index in [2.05, 4.69) is 4.74 Å². The Morgan fingerprint density at radius 2 is 2.14 bits per heavy atom. The zero-order valence-electron chi connectivity index (χ0n) is 8.00. The average Bonchev–Trinajstić information content (AvgIpc) is 2.24. The summed E-state index contributed by atoms with van der Waals surface area (Å²) in [7, 11) is -3.67. The Morgan fingerprint density at radius 3 is 2.50 bits per heavy atom. The largest absolute Gasteiger partial charge is 0.446 e. The summed E-state index contributed by atoms with van der Waals surface area (Å²) in [6.07, 6.45) is -2.67. The summed E-state index contributed by atoms with van der Waals surface area (Å²) < 4.78 is 27.6. The third-order valence-corrected chi connectivity index (χ3v) is 3.46. The van der Waals surface area contributed by atoms with Crippen molar-refractivity contribution in [3.8, 4) is 0 Å². The van der Waals surface area contributed by atoms with E-state index in [1.165, 1.54) is 0 Å². The Labute approximate surface area is 82.5 Å². The van der Waals surface area contributed by atoms with E-state index in [1.807, 2.05) is 0 Å². The van der Waals surface area contributed by atoms with Gasteiger partial charge < -0.3 is 9.84 Å². The van der Waals surface area contributed by atoms with Crippen LogP contribution in [-0.2, 0) is 14.8 Å². The first-order valence-electron chi connectivity index (χ1n) is 4.25. The van der Waals surface area contributed by atoms with Gasteiger partial charge in [0, 0.05) is 6.42 Å². The predicted octanol–water partition coefficient (Wildman–Crippen LogP) is -0.115. The molecule has 0 aromatic carbocycles. The second-order valence-corrected chi connectivity index (χ2v) is 5.28. The molecule has 1 heterocycles. The summed E-state index contributed by atoms with van der Waals surface area (Å²) in [6.45, 7) is 3.21. The average molecular weight is 223 g/mol. The first-order chi connectivity index (χ1) is 6.34. The molecule has 14 heavy (non-hydrogen) atoms. The van der Waals surface area contributed by atoms with E-state index in [0.29, 0.717) is 4.31 Å². The highest BCUT2D eigenvalue weighted by Crippen LogP contribution is 2.20. The quantitative estimate of drug-likeness (QED) is 0.670. The topological polar surface area (TPSA) is 83.9 Å². The number of aliphatic hydroxyl groups is 1. The van der Waals surface area contributed by atoms with Gasteiger partial charge in [0.05, 0.1) is 11.9 Å². The molecule has 1 rings (SSSR count). The Bertz CT molecular complexity index is 323. The lowest BCUT2D eigenvalue weighted by molar-refractivity contribution is 0.0398. The molecule has 0 aromatic rings. The number of sulfonamides is 1. The molecular formula is C7H13NO5S. The van der Waals surface area contributed by atoms with Crippen molar-refractivity contribution in [2.75, 3.05) is 5.75 Å². The minimum absolute atomic E-state index is 0.0372. The SMILES string of the molecule is CC(C)OC(=O)N1C(O)CCS1(=O)=O. The fourth-order valence-corrected chi connectivity index (χ4v) is 2.60. The van der Waals surface area contributed by atoms with Crippen LogP contribution in [0.4, 0.5) is 4.79 Å². The highest BCUT2D eigenvalue weighted by atomic mass is 32.2. The van der Waals surface area contributed by atoms with Crippen LogP contribution >= 0.6 is 0 Å². The van der Waals surface area contributed by atoms with Crippen LogP contribution in [0.2, 0.25) is 0 Å². The Balaban J connectivity index is 2.80. The van der Waals surface area contributed by atoms with Crippen molar-refractivity contribution in [2.45, 2.75) is 32.6 Å². The molecule has 1 atom stereocenters. The lowest BCUT2D eigenvalue weighted by Crippen LogP contribution is -2.40. The van der Waals surface area contributed by atoms with Gasteiger partial charge in [0.2, 0.25) is 10.0 Å². The number of rotatable bonds is 1. The number of aliphatic hydroxyl groups excluding tert-OH is 1. The van der Waals surface area contributed by atoms with E-state index in [4.69, 9.17) is 0 Å². The van der Waals surface area contributed by atoms with Gasteiger partial charge in [-0.2, -0.15) is 4.31 Å². The van der Waals surface area contributed by atoms with Crippen molar-refractivity contribution >= 4 is 16.1 Å². The smallest absolute Gasteiger partial charge is 0.426 e. The summed E-state index contributed by atoms with van der Waals surface area (Å²) in [6, 6.07) is 0. The van der Waals surface area contributed by atoms with Crippen molar-refractivity contribution in [1.29, 1.82) is 0 Å². The van der Waals surface area contributed by atoms with Gasteiger partial charge in [0.25, 0.3) is 0 Å². The van der Waals surface area contributed by atoms with E-state index in [9.17, 15) is 18.3 Å². The molecule has 82 valence electrons. The summed E-state index contributed by atoms with van der Waals surface area (Å²) in [5, 5.41) is 9.25. The molecular weight excluding hydrogens is 210 g/mol. The van der Waals surface area contributed by atoms with E-state index in [0.717, 1.165) is 0 Å². The fraction of sp³-hybridized carbons (Fsp3) is 0.857. The zero-order valence-corrected chi connectivity index (χ0v) is 8.82. The predicted molar refractivity (Wildman–Crippen MR) is 47.9 cm³/mol. The second kappa shape index (κ2) is 3.74. The van der Waals surface area contributed by atoms with Crippen molar-refractivity contribution in [2.24, 2.45) is 0 Å². The van der Waals surface area contributed by atoms with Gasteiger partial charge in [-0.3, -0.25) is 0 Å². The first-order valence-corrected chi connectivity index (χ1v) is 5.86. The van der Waals surface area contributed by atoms with Gasteiger partial charge in [0.1, 0.15) is 6.23 Å². The first kappa shape index (κ1) is 11.3. The standard InChI is InChI=1S/C7H13NO5S/c1-5(2)13-7(10)8-6(9)3-4-14(8,11)12/h5-6,9H,3-4H2,1-2H3. The molecule has 6 nitrogen and oxygen atoms in total. The van der Waals surface area contributed by atoms with Crippen molar-refractivity contribution < 1.29 is 23.1 Å². The number of ether oxygens (including phenoxy) is 1. The molecule has 1 amide bonds. The zero-order chi connectivity index (χ0) is 10.9. The molecule has 1 aliphatic rings. The number of nitrogens with zero attached hydrogens (tertiary/aromatic N) is 1. The van der Waals surface area contributed by atoms with Gasteiger partial charge >= 0.3 is 6.09 Å². The van der Waals surface area contributed by atoms with Crippen LogP contribution in [0, 0.1) is 0 Å². The van der Waals surface area contributed by atoms with Gasteiger partial charge in [-0.1, -0.05) is 0 Å². The van der Waals surface area contributed by atoms with Crippen LogP contribution in [0.3, 0.4) is 0 Å². The van der Waals surface area contributed by atoms with Gasteiger partial charge in [-0.15, -0.1) is 0 Å². The maximum atomic E-state index is 11.3. The minimum atomic E-state index is -3.67. The van der Waals surface area contributed by atoms with Crippen molar-refractivity contribution in [3.05, 3.63) is 0 Å². The van der Waals surface area contributed by atoms with Crippen LogP contribution < -0.4 is 0 Å². The van der Waals surface area contributed by atoms with Gasteiger partial charge in [-0.05, 0) is 13.8 Å². The highest BCUT2D eigenvalue weighted by molar-refractivity contribution is 7.89. The van der Waals surface area contributed by atoms with Crippen molar-refractivity contribution in [3.63, 3.8) is 0 Å². The molecule has 0 radical (unpaired) electrons. The fourth-order valence-electron chi connectivity index (χ4n) is 1.14. The molecule has 0 bridgehead atoms. The number of carbonyl (C=O) groups excluding carboxylic acids is 1. The molecule has 1 saturated heterocycles. The maximum absolute atomic E-state index is 11.3. The Morgan fingerprint density at radius 1 is 1.57 bits per heavy atom. The summed E-state index contributed by atoms with van der Waals surface area (Å²) in [5.41, 5.74) is 0. The number of carbonyl (C=O) groups is 1. The molecule has 1 N–H and O–H groups in total. The van der Waals surface area contributed by atoms with Crippen LogP contribution in [0.5, 0.6) is 0 Å². The maximum Gasteiger partial charge on any atom is 0.426 e. The molecule has 0 saturated carbocycles. The van der Waals surface area contributed by atoms with Crippen LogP contribution in [0.1, 0.15) is 20.3 Å². The van der Waals surface area contributed by atoms with Gasteiger partial charge in [-0.25, -0.2) is 13.2 Å². The van der Waals surface area contributed by atoms with Crippen molar-refractivity contribution in [1.82, 2.24) is 4.31 Å². The lowest BCUT2D eigenvalue weighted by Gasteiger charge is -2.19. The van der Waals surface area contributed by atoms with E-state index in [-0.39, 0.29) is 12.2 Å². The summed E-state index contributed by atoms with van der Waals surface area (Å²) in [5.74, 6) is -0.221. The van der Waals surface area contributed by atoms with Crippen LogP contribution in [0.15, 0.2) is 0 Å². The normalized spacial score (nSPS) is 25.4. The van der Waals surface area contributed by atoms with E-state index in [1.54, 1.807) is 13.8 Å². The minimum Gasteiger partial charge on any atom is -0.446 e. The molecule has 0 spiro atoms. The van der Waals surface area contributed by atoms with Crippen LogP contribution in [0.25, 0.3) is 0 Å². The summed E-state index contributed by atoms with van der Waals surface area (Å²) >= 11 is 0. The third-order valence-electron chi connectivity index (χ3n) is 1.72. The molecule has 0 aliphatic carbocycles. The third kappa shape index (κ3) is 2.16. The highest BCUT2D eigenvalue weighted by Gasteiger charge is 2.41. The Kier molecular flexibility index (Phi) is 3.01. The molecule has 1 unspecified atom stereocenters.